The summed E-state index contributed by atoms with van der Waals surface area (Å²) in [6, 6.07) is 12.8. The van der Waals surface area contributed by atoms with Gasteiger partial charge in [0.05, 0.1) is 22.8 Å². The van der Waals surface area contributed by atoms with Gasteiger partial charge in [-0.25, -0.2) is 0 Å². The molecule has 1 atom stereocenters. The molecule has 0 aromatic heterocycles. The molecule has 0 heterocycles. The average molecular weight is 348 g/mol. The number of rotatable bonds is 7. The number of hydrogen-bond donors (Lipinski definition) is 1. The summed E-state index contributed by atoms with van der Waals surface area (Å²) in [5, 5.41) is 13.6. The van der Waals surface area contributed by atoms with Crippen LogP contribution in [0.5, 0.6) is 5.75 Å². The maximum Gasteiger partial charge on any atom is 0.282 e. The predicted octanol–water partition coefficient (Wildman–Crippen LogP) is 2.14. The van der Waals surface area contributed by atoms with Crippen LogP contribution in [0.4, 0.5) is 5.69 Å². The number of ether oxygens (including phenoxy) is 1. The lowest BCUT2D eigenvalue weighted by atomic mass is 10.1. The molecule has 8 heteroatoms. The zero-order chi connectivity index (χ0) is 17.5. The SMILES string of the molecule is COc1ccc([N+](=O)[O-])c(C(=O)NCC[S@@](=O)c2ccccc2)c1. The summed E-state index contributed by atoms with van der Waals surface area (Å²) in [6.45, 7) is 0.134. The van der Waals surface area contributed by atoms with Gasteiger partial charge in [-0.3, -0.25) is 19.1 Å². The standard InChI is InChI=1S/C16H16N2O5S/c1-23-12-7-8-15(18(20)21)14(11-12)16(19)17-9-10-24(22)13-5-3-2-4-6-13/h2-8,11H,9-10H2,1H3,(H,17,19)/t24-/m1/s1. The number of carbonyl (C=O) groups is 1. The van der Waals surface area contributed by atoms with Gasteiger partial charge in [-0.2, -0.15) is 0 Å². The van der Waals surface area contributed by atoms with Gasteiger partial charge in [0.2, 0.25) is 0 Å². The summed E-state index contributed by atoms with van der Waals surface area (Å²) in [5.41, 5.74) is -0.401. The maximum absolute atomic E-state index is 12.2. The Morgan fingerprint density at radius 2 is 1.96 bits per heavy atom. The molecule has 0 radical (unpaired) electrons. The number of nitrogens with zero attached hydrogens (tertiary/aromatic N) is 1. The molecule has 24 heavy (non-hydrogen) atoms. The second kappa shape index (κ2) is 8.21. The Kier molecular flexibility index (Phi) is 6.02. The number of nitro benzene ring substituents is 1. The van der Waals surface area contributed by atoms with Crippen molar-refractivity contribution in [3.05, 3.63) is 64.2 Å². The lowest BCUT2D eigenvalue weighted by Crippen LogP contribution is -2.28. The number of hydrogen-bond acceptors (Lipinski definition) is 5. The third-order valence-corrected chi connectivity index (χ3v) is 4.60. The molecule has 126 valence electrons. The van der Waals surface area contributed by atoms with E-state index in [1.54, 1.807) is 24.3 Å². The van der Waals surface area contributed by atoms with Crippen LogP contribution in [0.1, 0.15) is 10.4 Å². The summed E-state index contributed by atoms with van der Waals surface area (Å²) in [7, 11) is 0.159. The zero-order valence-corrected chi connectivity index (χ0v) is 13.7. The van der Waals surface area contributed by atoms with Gasteiger partial charge in [0, 0.05) is 23.3 Å². The molecule has 0 saturated heterocycles. The van der Waals surface area contributed by atoms with Crippen LogP contribution in [0.2, 0.25) is 0 Å². The molecule has 0 fully saturated rings. The Morgan fingerprint density at radius 3 is 2.58 bits per heavy atom. The van der Waals surface area contributed by atoms with Crippen molar-refractivity contribution >= 4 is 22.4 Å². The molecule has 2 rings (SSSR count). The molecule has 2 aromatic carbocycles. The smallest absolute Gasteiger partial charge is 0.282 e. The van der Waals surface area contributed by atoms with Crippen LogP contribution in [0.3, 0.4) is 0 Å². The van der Waals surface area contributed by atoms with Gasteiger partial charge in [-0.15, -0.1) is 0 Å². The highest BCUT2D eigenvalue weighted by Gasteiger charge is 2.21. The van der Waals surface area contributed by atoms with Crippen molar-refractivity contribution in [3.8, 4) is 5.75 Å². The molecule has 2 aromatic rings. The van der Waals surface area contributed by atoms with Crippen molar-refractivity contribution in [2.45, 2.75) is 4.90 Å². The van der Waals surface area contributed by atoms with Gasteiger partial charge in [0.25, 0.3) is 11.6 Å². The highest BCUT2D eigenvalue weighted by Crippen LogP contribution is 2.23. The van der Waals surface area contributed by atoms with E-state index < -0.39 is 21.6 Å². The van der Waals surface area contributed by atoms with Gasteiger partial charge in [-0.1, -0.05) is 18.2 Å². The first-order valence-corrected chi connectivity index (χ1v) is 8.39. The van der Waals surface area contributed by atoms with Crippen molar-refractivity contribution in [3.63, 3.8) is 0 Å². The summed E-state index contributed by atoms with van der Waals surface area (Å²) >= 11 is 0. The summed E-state index contributed by atoms with van der Waals surface area (Å²) in [5.74, 6) is -0.0441. The van der Waals surface area contributed by atoms with Crippen LogP contribution < -0.4 is 10.1 Å². The third-order valence-electron chi connectivity index (χ3n) is 3.22. The van der Waals surface area contributed by atoms with Crippen molar-refractivity contribution in [1.29, 1.82) is 0 Å². The number of amides is 1. The van der Waals surface area contributed by atoms with Gasteiger partial charge < -0.3 is 10.1 Å². The van der Waals surface area contributed by atoms with Crippen LogP contribution in [0.15, 0.2) is 53.4 Å². The Morgan fingerprint density at radius 1 is 1.25 bits per heavy atom. The van der Waals surface area contributed by atoms with E-state index in [1.165, 1.54) is 25.3 Å². The summed E-state index contributed by atoms with van der Waals surface area (Å²) < 4.78 is 17.1. The molecule has 0 aliphatic carbocycles. The van der Waals surface area contributed by atoms with E-state index >= 15 is 0 Å². The minimum atomic E-state index is -1.25. The molecule has 0 unspecified atom stereocenters. The van der Waals surface area contributed by atoms with Gasteiger partial charge in [0.1, 0.15) is 11.3 Å². The first-order chi connectivity index (χ1) is 11.5. The van der Waals surface area contributed by atoms with E-state index in [-0.39, 0.29) is 23.5 Å². The normalized spacial score (nSPS) is 11.5. The van der Waals surface area contributed by atoms with E-state index in [2.05, 4.69) is 5.32 Å². The number of nitrogens with one attached hydrogen (secondary N) is 1. The van der Waals surface area contributed by atoms with Crippen LogP contribution >= 0.6 is 0 Å². The van der Waals surface area contributed by atoms with Crippen LogP contribution in [0.25, 0.3) is 0 Å². The first-order valence-electron chi connectivity index (χ1n) is 7.07. The Bertz CT molecular complexity index is 764. The largest absolute Gasteiger partial charge is 0.497 e. The lowest BCUT2D eigenvalue weighted by molar-refractivity contribution is -0.385. The zero-order valence-electron chi connectivity index (χ0n) is 12.9. The second-order valence-electron chi connectivity index (χ2n) is 4.76. The second-order valence-corrected chi connectivity index (χ2v) is 6.33. The van der Waals surface area contributed by atoms with Crippen LogP contribution in [-0.4, -0.2) is 34.4 Å². The van der Waals surface area contributed by atoms with Crippen LogP contribution in [-0.2, 0) is 10.8 Å². The number of methoxy groups -OCH3 is 1. The van der Waals surface area contributed by atoms with Crippen molar-refractivity contribution in [1.82, 2.24) is 5.32 Å². The summed E-state index contributed by atoms with van der Waals surface area (Å²) in [6.07, 6.45) is 0. The fraction of sp³-hybridized carbons (Fsp3) is 0.188. The van der Waals surface area contributed by atoms with E-state index in [1.807, 2.05) is 6.07 Å². The maximum atomic E-state index is 12.2. The molecule has 0 spiro atoms. The molecule has 0 aliphatic heterocycles. The average Bonchev–Trinajstić information content (AvgIpc) is 2.61. The lowest BCUT2D eigenvalue weighted by Gasteiger charge is -2.07. The Balaban J connectivity index is 2.02. The topological polar surface area (TPSA) is 98.5 Å². The molecule has 0 bridgehead atoms. The van der Waals surface area contributed by atoms with Gasteiger partial charge in [0.15, 0.2) is 0 Å². The molecule has 1 N–H and O–H groups in total. The summed E-state index contributed by atoms with van der Waals surface area (Å²) in [4.78, 5) is 23.3. The van der Waals surface area contributed by atoms with E-state index in [9.17, 15) is 19.1 Å². The molecule has 1 amide bonds. The quantitative estimate of drug-likeness (QED) is 0.610. The fourth-order valence-corrected chi connectivity index (χ4v) is 3.01. The van der Waals surface area contributed by atoms with Gasteiger partial charge in [-0.05, 0) is 24.3 Å². The third kappa shape index (κ3) is 4.39. The highest BCUT2D eigenvalue weighted by molar-refractivity contribution is 7.85. The van der Waals surface area contributed by atoms with Gasteiger partial charge >= 0.3 is 0 Å². The van der Waals surface area contributed by atoms with Crippen molar-refractivity contribution < 1.29 is 18.7 Å². The number of carbonyl (C=O) groups excluding carboxylic acids is 1. The Labute approximate surface area is 141 Å². The van der Waals surface area contributed by atoms with E-state index in [0.717, 1.165) is 0 Å². The Hall–Kier alpha value is -2.74. The minimum absolute atomic E-state index is 0.0927. The molecule has 0 saturated carbocycles. The van der Waals surface area contributed by atoms with Crippen molar-refractivity contribution in [2.75, 3.05) is 19.4 Å². The minimum Gasteiger partial charge on any atom is -0.497 e. The van der Waals surface area contributed by atoms with E-state index in [0.29, 0.717) is 10.6 Å². The molecular formula is C16H16N2O5S. The highest BCUT2D eigenvalue weighted by atomic mass is 32.2. The molecular weight excluding hydrogens is 332 g/mol. The van der Waals surface area contributed by atoms with Crippen molar-refractivity contribution in [2.24, 2.45) is 0 Å². The molecule has 7 nitrogen and oxygen atoms in total. The monoisotopic (exact) mass is 348 g/mol. The molecule has 0 aliphatic rings. The first kappa shape index (κ1) is 17.6. The number of nitro groups is 1. The predicted molar refractivity (Wildman–Crippen MR) is 89.7 cm³/mol. The fourth-order valence-electron chi connectivity index (χ4n) is 2.03. The number of benzene rings is 2. The van der Waals surface area contributed by atoms with Crippen LogP contribution in [0, 0.1) is 10.1 Å². The van der Waals surface area contributed by atoms with E-state index in [4.69, 9.17) is 4.74 Å².